The van der Waals surface area contributed by atoms with Gasteiger partial charge in [0.1, 0.15) is 0 Å². The summed E-state index contributed by atoms with van der Waals surface area (Å²) in [7, 11) is 6.75. The fourth-order valence-corrected chi connectivity index (χ4v) is 17.6. The Morgan fingerprint density at radius 1 is 0.248 bits per heavy atom. The topological polar surface area (TPSA) is 22.8 Å². The van der Waals surface area contributed by atoms with E-state index in [1.807, 2.05) is 0 Å². The molecule has 22 rings (SSSR count). The molecular formula is C120H99BN6P2. The third-order valence-electron chi connectivity index (χ3n) is 23.5. The summed E-state index contributed by atoms with van der Waals surface area (Å²) in [6, 6.07) is 178. The van der Waals surface area contributed by atoms with Gasteiger partial charge in [-0.05, 0) is 251 Å². The molecule has 2 heterocycles. The maximum absolute atomic E-state index is 5.90. The predicted molar refractivity (Wildman–Crippen MR) is 566 cm³/mol. The highest BCUT2D eigenvalue weighted by atomic mass is 31.0. The standard InChI is InChI=1S/C44H32N2.C38H32N2.C36H24N2.CH4BP.CH4.H3P/c1-3-17-37(18-4-1)45(43-23-11-15-35-13-7-9-21-41(35)43)39-29-25-33(26-30-39)34-27-31-40(32-28-34)46(38-19-5-2-6-20-38)44-24-12-16-36-14-8-10-22-42(36)44;1-29-11-9-17-37(27-29)39(33-13-5-3-6-14-33)35-23-19-31(20-24-35)32-21-25-36(26-22-32)40(34-15-7-4-8-16-34)38-18-10-12-30(2)28-38;1-5-13-33-29(9-1)30-10-2-6-14-34(30)37(33)27-21-17-25(18-22-27)26-19-23-28(24-20-26)38-35-15-7-3-11-31(35)32-12-4-8-16-36(32)38;2-1-3;;/h1-32H;3-28H,1-2H3;1-24H;1,3H2;1H4;1H3/i;;;;;1TD. The van der Waals surface area contributed by atoms with E-state index >= 15 is 0 Å². The van der Waals surface area contributed by atoms with Crippen LogP contribution < -0.4 is 19.6 Å². The van der Waals surface area contributed by atoms with Crippen LogP contribution in [0.25, 0.3) is 110 Å². The molecule has 2 aromatic heterocycles. The van der Waals surface area contributed by atoms with Crippen molar-refractivity contribution in [3.05, 3.63) is 509 Å². The smallest absolute Gasteiger partial charge is 0.0709 e. The lowest BCUT2D eigenvalue weighted by atomic mass is 10.0. The van der Waals surface area contributed by atoms with Gasteiger partial charge in [0.15, 0.2) is 0 Å². The lowest BCUT2D eigenvalue weighted by molar-refractivity contribution is 1.18. The van der Waals surface area contributed by atoms with E-state index in [4.69, 9.17) is 10.4 Å². The predicted octanol–water partition coefficient (Wildman–Crippen LogP) is 33.7. The number of hydrogen-bond donors (Lipinski definition) is 0. The monoisotopic (exact) mass is 1700 g/mol. The van der Waals surface area contributed by atoms with Crippen molar-refractivity contribution in [2.45, 2.75) is 21.3 Å². The molecule has 0 aliphatic carbocycles. The molecule has 2 unspecified atom stereocenters. The van der Waals surface area contributed by atoms with Crippen molar-refractivity contribution in [1.82, 2.24) is 9.13 Å². The minimum absolute atomic E-state index is 0. The molecular weight excluding hydrogens is 1600 g/mol. The van der Waals surface area contributed by atoms with E-state index < -0.39 is 9.79 Å². The first-order valence-electron chi connectivity index (χ1n) is 44.3. The summed E-state index contributed by atoms with van der Waals surface area (Å²) >= 11 is 0. The highest BCUT2D eigenvalue weighted by Crippen LogP contribution is 2.45. The Hall–Kier alpha value is -15.4. The van der Waals surface area contributed by atoms with Crippen LogP contribution in [0.3, 0.4) is 0 Å². The molecule has 0 amide bonds. The number of hydrogen-bond acceptors (Lipinski definition) is 4. The van der Waals surface area contributed by atoms with Gasteiger partial charge in [-0.2, -0.15) is 9.79 Å². The molecule has 0 fully saturated rings. The zero-order valence-corrected chi connectivity index (χ0v) is 73.5. The second-order valence-corrected chi connectivity index (χ2v) is 32.1. The average molecular weight is 1700 g/mol. The molecule has 129 heavy (non-hydrogen) atoms. The Balaban J connectivity index is 0.000000133. The average Bonchev–Trinajstić information content (AvgIpc) is 1.64. The number of para-hydroxylation sites is 8. The second-order valence-electron chi connectivity index (χ2n) is 31.6. The number of rotatable bonds is 17. The summed E-state index contributed by atoms with van der Waals surface area (Å²) in [5.74, 6) is 0. The molecule has 20 aromatic carbocycles. The molecule has 22 aromatic rings. The van der Waals surface area contributed by atoms with Crippen molar-refractivity contribution in [2.75, 3.05) is 25.7 Å². The molecule has 6 nitrogen and oxygen atoms in total. The van der Waals surface area contributed by atoms with Crippen LogP contribution >= 0.6 is 19.0 Å². The van der Waals surface area contributed by atoms with E-state index in [0.717, 1.165) is 68.2 Å². The SMILES string of the molecule is C.Cc1cccc(N(c2ccccc2)c2ccc(-c3ccc(N(c4ccccc4)c4cccc(C)c4)cc3)cc2)c1.[2H]P[3H].[B]CP.c1ccc(N(c2ccc(-c3ccc(N(c4ccccc4)c4cccc5ccccc45)cc3)cc2)c2cccc3ccccc23)cc1.c1ccc2c(c1)c1ccccc1n2-c1ccc(-c2ccc(-n3c4ccccc4c4ccccc43)cc2)cc1. The van der Waals surface area contributed by atoms with Gasteiger partial charge in [-0.1, -0.05) is 329 Å². The minimum atomic E-state index is -0.417. The van der Waals surface area contributed by atoms with Crippen LogP contribution in [0.1, 0.15) is 18.6 Å². The van der Waals surface area contributed by atoms with Gasteiger partial charge in [0, 0.05) is 101 Å². The van der Waals surface area contributed by atoms with Crippen LogP contribution in [0, 0.1) is 13.8 Å². The van der Waals surface area contributed by atoms with Crippen molar-refractivity contribution in [3.8, 4) is 44.8 Å². The molecule has 622 valence electrons. The van der Waals surface area contributed by atoms with Gasteiger partial charge in [-0.3, -0.25) is 0 Å². The molecule has 9 heteroatoms. The largest absolute Gasteiger partial charge is 0.310 e. The molecule has 2 radical (unpaired) electrons. The van der Waals surface area contributed by atoms with Gasteiger partial charge in [-0.15, -0.1) is 9.24 Å². The van der Waals surface area contributed by atoms with Crippen molar-refractivity contribution in [3.63, 3.8) is 0 Å². The number of aromatic nitrogens is 2. The molecule has 0 bridgehead atoms. The molecule has 0 aliphatic heterocycles. The lowest BCUT2D eigenvalue weighted by Gasteiger charge is -2.27. The highest BCUT2D eigenvalue weighted by molar-refractivity contribution is 7.19. The van der Waals surface area contributed by atoms with Crippen molar-refractivity contribution in [2.24, 2.45) is 0 Å². The molecule has 2 atom stereocenters. The van der Waals surface area contributed by atoms with Crippen LogP contribution in [0.4, 0.5) is 68.2 Å². The maximum Gasteiger partial charge on any atom is 0.0709 e. The number of anilines is 12. The van der Waals surface area contributed by atoms with Gasteiger partial charge >= 0.3 is 0 Å². The van der Waals surface area contributed by atoms with Gasteiger partial charge in [0.2, 0.25) is 0 Å². The molecule has 0 saturated heterocycles. The van der Waals surface area contributed by atoms with Crippen LogP contribution in [-0.2, 0) is 0 Å². The van der Waals surface area contributed by atoms with E-state index in [9.17, 15) is 0 Å². The van der Waals surface area contributed by atoms with Gasteiger partial charge in [0.25, 0.3) is 0 Å². The Morgan fingerprint density at radius 3 is 0.729 bits per heavy atom. The second kappa shape index (κ2) is 39.9. The normalized spacial score (nSPS) is 11.1. The van der Waals surface area contributed by atoms with Crippen LogP contribution in [0.2, 0.25) is 0 Å². The first-order valence-corrected chi connectivity index (χ1v) is 44.1. The Bertz CT molecular complexity index is 6970. The summed E-state index contributed by atoms with van der Waals surface area (Å²) < 4.78 is 16.5. The highest BCUT2D eigenvalue weighted by Gasteiger charge is 2.22. The molecule has 0 N–H and O–H groups in total. The van der Waals surface area contributed by atoms with E-state index in [0.29, 0.717) is 6.06 Å². The molecule has 0 saturated carbocycles. The minimum Gasteiger partial charge on any atom is -0.310 e. The summed E-state index contributed by atoms with van der Waals surface area (Å²) in [5, 5.41) is 10.0. The fourth-order valence-electron chi connectivity index (χ4n) is 17.6. The first kappa shape index (κ1) is 83.2. The van der Waals surface area contributed by atoms with E-state index in [1.54, 1.807) is 0 Å². The number of fused-ring (bicyclic) bond motifs is 8. The Labute approximate surface area is 767 Å². The Morgan fingerprint density at radius 2 is 0.450 bits per heavy atom. The number of nitrogens with zero attached hydrogens (tertiary/aromatic N) is 6. The van der Waals surface area contributed by atoms with Gasteiger partial charge in [0.05, 0.1) is 43.8 Å². The van der Waals surface area contributed by atoms with Crippen LogP contribution in [0.5, 0.6) is 0 Å². The van der Waals surface area contributed by atoms with E-state index in [2.05, 4.69) is 549 Å². The fraction of sp³-hybridized carbons (Fsp3) is 0.0333. The van der Waals surface area contributed by atoms with Crippen LogP contribution in [0.15, 0.2) is 497 Å². The quantitative estimate of drug-likeness (QED) is 0.0669. The Kier molecular flexibility index (Phi) is 25.7. The number of benzene rings is 20. The molecule has 0 aliphatic rings. The first-order chi connectivity index (χ1) is 64.2. The van der Waals surface area contributed by atoms with Gasteiger partial charge < -0.3 is 28.7 Å². The number of aryl methyl sites for hydroxylation is 2. The van der Waals surface area contributed by atoms with Crippen molar-refractivity contribution in [1.29, 1.82) is 2.56 Å². The maximum atomic E-state index is 5.90. The third kappa shape index (κ3) is 18.3. The van der Waals surface area contributed by atoms with Crippen molar-refractivity contribution < 1.29 is 0 Å². The summed E-state index contributed by atoms with van der Waals surface area (Å²) in [4.78, 5) is 9.30. The van der Waals surface area contributed by atoms with E-state index in [-0.39, 0.29) is 7.43 Å². The van der Waals surface area contributed by atoms with E-state index in [1.165, 1.54) is 121 Å². The zero-order chi connectivity index (χ0) is 88.5. The molecule has 0 spiro atoms. The van der Waals surface area contributed by atoms with Crippen LogP contribution in [-0.4, -0.2) is 25.6 Å². The summed E-state index contributed by atoms with van der Waals surface area (Å²) in [5.41, 5.74) is 30.6. The van der Waals surface area contributed by atoms with Crippen molar-refractivity contribution >= 4 is 160 Å². The third-order valence-corrected chi connectivity index (χ3v) is 23.5. The lowest BCUT2D eigenvalue weighted by Crippen LogP contribution is -2.10. The summed E-state index contributed by atoms with van der Waals surface area (Å²) in [6.45, 7) is 4.27. The van der Waals surface area contributed by atoms with Gasteiger partial charge in [-0.25, -0.2) is 0 Å². The summed E-state index contributed by atoms with van der Waals surface area (Å²) in [6.07, 6.45) is 0. The zero-order valence-electron chi connectivity index (χ0n) is 73.4.